The lowest BCUT2D eigenvalue weighted by Crippen LogP contribution is -2.35. The summed E-state index contributed by atoms with van der Waals surface area (Å²) in [6, 6.07) is 10.6. The third-order valence-electron chi connectivity index (χ3n) is 2.63. The molecule has 4 nitrogen and oxygen atoms in total. The molecule has 1 rings (SSSR count). The Labute approximate surface area is 113 Å². The zero-order chi connectivity index (χ0) is 14.3. The quantitative estimate of drug-likeness (QED) is 0.812. The van der Waals surface area contributed by atoms with Gasteiger partial charge in [-0.2, -0.15) is 10.5 Å². The summed E-state index contributed by atoms with van der Waals surface area (Å²) in [4.78, 5) is 14.0. The fourth-order valence-corrected chi connectivity index (χ4v) is 1.77. The highest BCUT2D eigenvalue weighted by molar-refractivity contribution is 5.94. The summed E-state index contributed by atoms with van der Waals surface area (Å²) in [6.07, 6.45) is 0.328. The first kappa shape index (κ1) is 14.7. The molecule has 0 atom stereocenters. The topological polar surface area (TPSA) is 67.9 Å². The van der Waals surface area contributed by atoms with Crippen molar-refractivity contribution in [3.63, 3.8) is 0 Å². The molecule has 1 aromatic carbocycles. The average molecular weight is 255 g/mol. The van der Waals surface area contributed by atoms with Gasteiger partial charge in [0.15, 0.2) is 0 Å². The van der Waals surface area contributed by atoms with Crippen LogP contribution in [0.5, 0.6) is 0 Å². The van der Waals surface area contributed by atoms with E-state index in [-0.39, 0.29) is 5.91 Å². The number of amides is 1. The molecule has 1 amide bonds. The summed E-state index contributed by atoms with van der Waals surface area (Å²) in [7, 11) is 0. The molecule has 0 N–H and O–H groups in total. The number of nitriles is 2. The molecule has 0 bridgehead atoms. The molecule has 0 aliphatic carbocycles. The summed E-state index contributed by atoms with van der Waals surface area (Å²) >= 11 is 0. The SMILES string of the molecule is CC(C)CN(CCC#N)C(=O)c1ccc(C#N)cc1. The number of hydrogen-bond acceptors (Lipinski definition) is 3. The number of carbonyl (C=O) groups is 1. The molecule has 0 saturated heterocycles. The monoisotopic (exact) mass is 255 g/mol. The average Bonchev–Trinajstić information content (AvgIpc) is 2.42. The summed E-state index contributed by atoms with van der Waals surface area (Å²) < 4.78 is 0. The Morgan fingerprint density at radius 3 is 2.37 bits per heavy atom. The number of hydrogen-bond donors (Lipinski definition) is 0. The number of nitrogens with zero attached hydrogens (tertiary/aromatic N) is 3. The van der Waals surface area contributed by atoms with Crippen LogP contribution in [0.15, 0.2) is 24.3 Å². The van der Waals surface area contributed by atoms with Crippen molar-refractivity contribution in [3.05, 3.63) is 35.4 Å². The normalized spacial score (nSPS) is 9.74. The highest BCUT2D eigenvalue weighted by Gasteiger charge is 2.16. The lowest BCUT2D eigenvalue weighted by atomic mass is 10.1. The van der Waals surface area contributed by atoms with E-state index < -0.39 is 0 Å². The molecule has 0 heterocycles. The van der Waals surface area contributed by atoms with Gasteiger partial charge in [-0.1, -0.05) is 13.8 Å². The van der Waals surface area contributed by atoms with Gasteiger partial charge < -0.3 is 4.90 Å². The fourth-order valence-electron chi connectivity index (χ4n) is 1.77. The van der Waals surface area contributed by atoms with Crippen molar-refractivity contribution >= 4 is 5.91 Å². The number of benzene rings is 1. The second-order valence-electron chi connectivity index (χ2n) is 4.74. The lowest BCUT2D eigenvalue weighted by Gasteiger charge is -2.23. The van der Waals surface area contributed by atoms with Crippen LogP contribution in [0.3, 0.4) is 0 Å². The second kappa shape index (κ2) is 7.18. The van der Waals surface area contributed by atoms with E-state index in [2.05, 4.69) is 6.07 Å². The minimum absolute atomic E-state index is 0.0894. The van der Waals surface area contributed by atoms with Gasteiger partial charge in [-0.15, -0.1) is 0 Å². The van der Waals surface area contributed by atoms with Gasteiger partial charge in [-0.3, -0.25) is 4.79 Å². The van der Waals surface area contributed by atoms with Crippen molar-refractivity contribution in [2.75, 3.05) is 13.1 Å². The molecule has 0 aliphatic heterocycles. The Balaban J connectivity index is 2.85. The molecule has 0 unspecified atom stereocenters. The first-order chi connectivity index (χ1) is 9.08. The van der Waals surface area contributed by atoms with Crippen LogP contribution in [0, 0.1) is 28.6 Å². The van der Waals surface area contributed by atoms with Gasteiger partial charge in [0.2, 0.25) is 0 Å². The Kier molecular flexibility index (Phi) is 5.57. The molecule has 0 aliphatic rings. The Bertz CT molecular complexity index is 506. The molecule has 98 valence electrons. The highest BCUT2D eigenvalue weighted by atomic mass is 16.2. The molecule has 0 fully saturated rings. The van der Waals surface area contributed by atoms with Gasteiger partial charge in [-0.05, 0) is 30.2 Å². The summed E-state index contributed by atoms with van der Waals surface area (Å²) in [5.74, 6) is 0.259. The summed E-state index contributed by atoms with van der Waals surface area (Å²) in [5.41, 5.74) is 1.08. The largest absolute Gasteiger partial charge is 0.337 e. The van der Waals surface area contributed by atoms with Gasteiger partial charge in [0.25, 0.3) is 5.91 Å². The molecule has 0 radical (unpaired) electrons. The van der Waals surface area contributed by atoms with Crippen LogP contribution in [-0.2, 0) is 0 Å². The van der Waals surface area contributed by atoms with Crippen molar-refractivity contribution in [2.24, 2.45) is 5.92 Å². The van der Waals surface area contributed by atoms with Gasteiger partial charge in [-0.25, -0.2) is 0 Å². The van der Waals surface area contributed by atoms with Crippen molar-refractivity contribution < 1.29 is 4.79 Å². The van der Waals surface area contributed by atoms with Crippen LogP contribution in [0.2, 0.25) is 0 Å². The van der Waals surface area contributed by atoms with E-state index in [9.17, 15) is 4.79 Å². The maximum Gasteiger partial charge on any atom is 0.253 e. The number of carbonyl (C=O) groups excluding carboxylic acids is 1. The van der Waals surface area contributed by atoms with Crippen LogP contribution < -0.4 is 0 Å². The van der Waals surface area contributed by atoms with E-state index in [1.807, 2.05) is 19.9 Å². The predicted octanol–water partition coefficient (Wildman–Crippen LogP) is 2.57. The molecule has 0 saturated carbocycles. The van der Waals surface area contributed by atoms with Crippen LogP contribution >= 0.6 is 0 Å². The molecular formula is C15H17N3O. The minimum atomic E-state index is -0.0894. The maximum atomic E-state index is 12.3. The Hall–Kier alpha value is -2.33. The van der Waals surface area contributed by atoms with Gasteiger partial charge in [0.05, 0.1) is 24.1 Å². The van der Waals surface area contributed by atoms with Crippen LogP contribution in [-0.4, -0.2) is 23.9 Å². The van der Waals surface area contributed by atoms with E-state index in [4.69, 9.17) is 10.5 Å². The molecule has 0 spiro atoms. The first-order valence-corrected chi connectivity index (χ1v) is 6.25. The zero-order valence-electron chi connectivity index (χ0n) is 11.3. The minimum Gasteiger partial charge on any atom is -0.337 e. The Morgan fingerprint density at radius 2 is 1.89 bits per heavy atom. The molecule has 19 heavy (non-hydrogen) atoms. The maximum absolute atomic E-state index is 12.3. The van der Waals surface area contributed by atoms with E-state index in [0.717, 1.165) is 0 Å². The van der Waals surface area contributed by atoms with Crippen molar-refractivity contribution in [3.8, 4) is 12.1 Å². The molecule has 4 heteroatoms. The summed E-state index contributed by atoms with van der Waals surface area (Å²) in [6.45, 7) is 5.13. The smallest absolute Gasteiger partial charge is 0.253 e. The van der Waals surface area contributed by atoms with Crippen LogP contribution in [0.1, 0.15) is 36.2 Å². The lowest BCUT2D eigenvalue weighted by molar-refractivity contribution is 0.0740. The van der Waals surface area contributed by atoms with E-state index in [1.165, 1.54) is 0 Å². The van der Waals surface area contributed by atoms with Crippen LogP contribution in [0.25, 0.3) is 0 Å². The van der Waals surface area contributed by atoms with Crippen LogP contribution in [0.4, 0.5) is 0 Å². The van der Waals surface area contributed by atoms with E-state index >= 15 is 0 Å². The number of rotatable bonds is 5. The van der Waals surface area contributed by atoms with Crippen molar-refractivity contribution in [2.45, 2.75) is 20.3 Å². The zero-order valence-corrected chi connectivity index (χ0v) is 11.3. The Morgan fingerprint density at radius 1 is 1.26 bits per heavy atom. The molecular weight excluding hydrogens is 238 g/mol. The molecule has 1 aromatic rings. The van der Waals surface area contributed by atoms with Gasteiger partial charge in [0.1, 0.15) is 0 Å². The summed E-state index contributed by atoms with van der Waals surface area (Å²) in [5, 5.41) is 17.4. The van der Waals surface area contributed by atoms with Gasteiger partial charge in [0, 0.05) is 18.7 Å². The third-order valence-corrected chi connectivity index (χ3v) is 2.63. The van der Waals surface area contributed by atoms with Crippen molar-refractivity contribution in [1.29, 1.82) is 10.5 Å². The van der Waals surface area contributed by atoms with Gasteiger partial charge >= 0.3 is 0 Å². The standard InChI is InChI=1S/C15H17N3O/c1-12(2)11-18(9-3-8-16)15(19)14-6-4-13(10-17)5-7-14/h4-7,12H,3,9,11H2,1-2H3. The van der Waals surface area contributed by atoms with E-state index in [1.54, 1.807) is 29.2 Å². The highest BCUT2D eigenvalue weighted by Crippen LogP contribution is 2.10. The predicted molar refractivity (Wildman–Crippen MR) is 72.1 cm³/mol. The van der Waals surface area contributed by atoms with E-state index in [0.29, 0.717) is 36.6 Å². The second-order valence-corrected chi connectivity index (χ2v) is 4.74. The third kappa shape index (κ3) is 4.44. The molecule has 0 aromatic heterocycles. The fraction of sp³-hybridized carbons (Fsp3) is 0.400. The first-order valence-electron chi connectivity index (χ1n) is 6.25. The van der Waals surface area contributed by atoms with Crippen molar-refractivity contribution in [1.82, 2.24) is 4.90 Å².